The Morgan fingerprint density at radius 2 is 2.28 bits per heavy atom. The van der Waals surface area contributed by atoms with Gasteiger partial charge in [-0.05, 0) is 19.1 Å². The van der Waals surface area contributed by atoms with Crippen molar-refractivity contribution in [1.82, 2.24) is 0 Å². The Labute approximate surface area is 103 Å². The number of nitrogens with one attached hydrogen (secondary N) is 2. The van der Waals surface area contributed by atoms with Gasteiger partial charge in [0.05, 0.1) is 13.2 Å². The lowest BCUT2D eigenvalue weighted by atomic mass is 10.2. The molecule has 96 valence electrons. The molecule has 7 heteroatoms. The average Bonchev–Trinajstić information content (AvgIpc) is 2.26. The van der Waals surface area contributed by atoms with Crippen molar-refractivity contribution in [1.29, 1.82) is 10.9 Å². The first-order valence-corrected chi connectivity index (χ1v) is 5.38. The van der Waals surface area contributed by atoms with Gasteiger partial charge in [0.2, 0.25) is 0 Å². The van der Waals surface area contributed by atoms with Gasteiger partial charge in [0.1, 0.15) is 29.2 Å². The van der Waals surface area contributed by atoms with Gasteiger partial charge in [-0.2, -0.15) is 10.5 Å². The monoisotopic (exact) mass is 252 g/mol. The van der Waals surface area contributed by atoms with E-state index in [4.69, 9.17) is 20.4 Å². The topological polar surface area (TPSA) is 81.8 Å². The normalized spacial score (nSPS) is 14.8. The van der Waals surface area contributed by atoms with Crippen LogP contribution in [0.4, 0.5) is 10.1 Å². The lowest BCUT2D eigenvalue weighted by molar-refractivity contribution is -0.0795. The van der Waals surface area contributed by atoms with Crippen LogP contribution in [-0.4, -0.2) is 25.2 Å². The molecule has 0 radical (unpaired) electrons. The molecule has 1 fully saturated rings. The van der Waals surface area contributed by atoms with Crippen LogP contribution in [0.5, 0.6) is 5.75 Å². The number of hydrogen-bond acceptors (Lipinski definition) is 5. The van der Waals surface area contributed by atoms with Crippen molar-refractivity contribution in [3.63, 3.8) is 0 Å². The minimum absolute atomic E-state index is 0.0475. The molecule has 0 bridgehead atoms. The highest BCUT2D eigenvalue weighted by Gasteiger charge is 2.23. The summed E-state index contributed by atoms with van der Waals surface area (Å²) in [4.78, 5) is 0. The molecule has 1 aromatic rings. The lowest BCUT2D eigenvalue weighted by Crippen LogP contribution is -2.39. The van der Waals surface area contributed by atoms with Gasteiger partial charge in [0.25, 0.3) is 0 Å². The molecule has 0 aromatic heterocycles. The van der Waals surface area contributed by atoms with Crippen LogP contribution in [0.2, 0.25) is 0 Å². The third-order valence-corrected chi connectivity index (χ3v) is 2.47. The molecule has 0 unspecified atom stereocenters. The fraction of sp³-hybridized carbons (Fsp3) is 0.364. The van der Waals surface area contributed by atoms with E-state index in [0.717, 1.165) is 5.01 Å². The zero-order valence-corrected chi connectivity index (χ0v) is 9.81. The number of benzene rings is 1. The second-order valence-corrected chi connectivity index (χ2v) is 3.89. The maximum Gasteiger partial charge on any atom is 0.148 e. The predicted octanol–water partition coefficient (Wildman–Crippen LogP) is 2.35. The maximum absolute atomic E-state index is 13.2. The molecule has 0 amide bonds. The van der Waals surface area contributed by atoms with Crippen LogP contribution in [0.25, 0.3) is 0 Å². The minimum atomic E-state index is -0.443. The van der Waals surface area contributed by atoms with Gasteiger partial charge in [-0.1, -0.05) is 5.22 Å². The summed E-state index contributed by atoms with van der Waals surface area (Å²) in [6.07, 6.45) is -0.121. The first kappa shape index (κ1) is 12.4. The summed E-state index contributed by atoms with van der Waals surface area (Å²) in [6, 6.07) is 3.88. The van der Waals surface area contributed by atoms with Gasteiger partial charge in [0.15, 0.2) is 0 Å². The molecular weight excluding hydrogens is 239 g/mol. The fourth-order valence-corrected chi connectivity index (χ4v) is 1.53. The van der Waals surface area contributed by atoms with E-state index in [1.165, 1.54) is 25.1 Å². The van der Waals surface area contributed by atoms with Crippen molar-refractivity contribution in [2.24, 2.45) is 5.22 Å². The Morgan fingerprint density at radius 1 is 1.56 bits per heavy atom. The predicted molar refractivity (Wildman–Crippen MR) is 62.7 cm³/mol. The van der Waals surface area contributed by atoms with Crippen LogP contribution in [0.3, 0.4) is 0 Å². The Kier molecular flexibility index (Phi) is 3.52. The second-order valence-electron chi connectivity index (χ2n) is 3.89. The summed E-state index contributed by atoms with van der Waals surface area (Å²) in [5.74, 6) is -0.140. The molecule has 1 saturated heterocycles. The van der Waals surface area contributed by atoms with Crippen LogP contribution >= 0.6 is 0 Å². The molecule has 1 aliphatic rings. The summed E-state index contributed by atoms with van der Waals surface area (Å²) in [6.45, 7) is 2.40. The van der Waals surface area contributed by atoms with Gasteiger partial charge in [-0.3, -0.25) is 5.41 Å². The highest BCUT2D eigenvalue weighted by Crippen LogP contribution is 2.31. The Morgan fingerprint density at radius 3 is 2.78 bits per heavy atom. The number of nitrogens with zero attached hydrogens (tertiary/aromatic N) is 2. The molecule has 6 nitrogen and oxygen atoms in total. The van der Waals surface area contributed by atoms with E-state index in [1.54, 1.807) is 0 Å². The first-order chi connectivity index (χ1) is 8.61. The molecule has 2 N–H and O–H groups in total. The van der Waals surface area contributed by atoms with Crippen molar-refractivity contribution in [2.45, 2.75) is 13.0 Å². The third-order valence-electron chi connectivity index (χ3n) is 2.47. The molecule has 18 heavy (non-hydrogen) atoms. The van der Waals surface area contributed by atoms with Gasteiger partial charge in [-0.15, -0.1) is 0 Å². The number of rotatable bonds is 4. The number of halogens is 1. The summed E-state index contributed by atoms with van der Waals surface area (Å²) < 4.78 is 23.8. The van der Waals surface area contributed by atoms with Gasteiger partial charge in [0, 0.05) is 6.07 Å². The van der Waals surface area contributed by atoms with Crippen molar-refractivity contribution < 1.29 is 13.9 Å². The van der Waals surface area contributed by atoms with E-state index in [0.29, 0.717) is 18.9 Å². The van der Waals surface area contributed by atoms with E-state index < -0.39 is 5.82 Å². The SMILES string of the molecule is CC(=N)N(N=N)c1ccc(F)cc1OC1COC1. The van der Waals surface area contributed by atoms with Gasteiger partial charge >= 0.3 is 0 Å². The third kappa shape index (κ3) is 2.45. The molecule has 1 heterocycles. The summed E-state index contributed by atoms with van der Waals surface area (Å²) >= 11 is 0. The molecule has 0 saturated carbocycles. The lowest BCUT2D eigenvalue weighted by Gasteiger charge is -2.28. The van der Waals surface area contributed by atoms with Crippen LogP contribution in [0, 0.1) is 16.8 Å². The summed E-state index contributed by atoms with van der Waals surface area (Å²) in [5, 5.41) is 11.8. The summed E-state index contributed by atoms with van der Waals surface area (Å²) in [5.41, 5.74) is 7.42. The average molecular weight is 252 g/mol. The van der Waals surface area contributed by atoms with Gasteiger partial charge in [-0.25, -0.2) is 4.39 Å². The number of amidine groups is 1. The highest BCUT2D eigenvalue weighted by molar-refractivity contribution is 5.94. The second kappa shape index (κ2) is 5.09. The van der Waals surface area contributed by atoms with Crippen molar-refractivity contribution in [2.75, 3.05) is 18.2 Å². The maximum atomic E-state index is 13.2. The zero-order chi connectivity index (χ0) is 13.1. The van der Waals surface area contributed by atoms with Crippen molar-refractivity contribution in [3.8, 4) is 5.75 Å². The van der Waals surface area contributed by atoms with Crippen LogP contribution < -0.4 is 9.75 Å². The zero-order valence-electron chi connectivity index (χ0n) is 9.81. The van der Waals surface area contributed by atoms with E-state index >= 15 is 0 Å². The largest absolute Gasteiger partial charge is 0.483 e. The van der Waals surface area contributed by atoms with E-state index in [9.17, 15) is 4.39 Å². The molecule has 1 aromatic carbocycles. The molecule has 0 atom stereocenters. The first-order valence-electron chi connectivity index (χ1n) is 5.38. The molecule has 2 rings (SSSR count). The number of hydrogen-bond donors (Lipinski definition) is 2. The molecule has 1 aliphatic heterocycles. The standard InChI is InChI=1S/C11H13FN4O2/c1-7(13)16(15-14)10-3-2-8(12)4-11(10)18-9-5-17-6-9/h2-4,9,13-14H,5-6H2,1H3. The minimum Gasteiger partial charge on any atom is -0.483 e. The van der Waals surface area contributed by atoms with Crippen LogP contribution in [0.15, 0.2) is 23.4 Å². The number of anilines is 1. The van der Waals surface area contributed by atoms with Gasteiger partial charge < -0.3 is 9.47 Å². The van der Waals surface area contributed by atoms with Crippen molar-refractivity contribution >= 4 is 11.5 Å². The van der Waals surface area contributed by atoms with E-state index in [2.05, 4.69) is 5.22 Å². The number of ether oxygens (including phenoxy) is 2. The highest BCUT2D eigenvalue weighted by atomic mass is 19.1. The van der Waals surface area contributed by atoms with Crippen LogP contribution in [-0.2, 0) is 4.74 Å². The Balaban J connectivity index is 2.31. The summed E-state index contributed by atoms with van der Waals surface area (Å²) in [7, 11) is 0. The van der Waals surface area contributed by atoms with Crippen molar-refractivity contribution in [3.05, 3.63) is 24.0 Å². The molecule has 0 spiro atoms. The van der Waals surface area contributed by atoms with E-state index in [1.807, 2.05) is 0 Å². The Bertz CT molecular complexity index is 476. The smallest absolute Gasteiger partial charge is 0.148 e. The van der Waals surface area contributed by atoms with Crippen LogP contribution in [0.1, 0.15) is 6.92 Å². The Hall–Kier alpha value is -2.02. The molecular formula is C11H13FN4O2. The quantitative estimate of drug-likeness (QED) is 0.373. The molecule has 0 aliphatic carbocycles. The fourth-order valence-electron chi connectivity index (χ4n) is 1.53. The van der Waals surface area contributed by atoms with E-state index in [-0.39, 0.29) is 17.7 Å².